The van der Waals surface area contributed by atoms with Gasteiger partial charge in [-0.3, -0.25) is 5.10 Å². The van der Waals surface area contributed by atoms with Crippen molar-refractivity contribution in [3.05, 3.63) is 30.5 Å². The van der Waals surface area contributed by atoms with Crippen LogP contribution in [0.3, 0.4) is 0 Å². The molecule has 5 heteroatoms. The smallest absolute Gasteiger partial charge is 0.255 e. The van der Waals surface area contributed by atoms with Crippen molar-refractivity contribution < 1.29 is 9.84 Å². The minimum absolute atomic E-state index is 0.280. The average Bonchev–Trinajstić information content (AvgIpc) is 2.57. The van der Waals surface area contributed by atoms with Gasteiger partial charge in [-0.1, -0.05) is 28.5 Å². The van der Waals surface area contributed by atoms with E-state index in [1.807, 2.05) is 12.2 Å². The summed E-state index contributed by atoms with van der Waals surface area (Å²) in [5.41, 5.74) is 0. The van der Waals surface area contributed by atoms with Gasteiger partial charge in [0.2, 0.25) is 5.79 Å². The lowest BCUT2D eigenvalue weighted by Gasteiger charge is -2.24. The molecule has 0 saturated carbocycles. The van der Waals surface area contributed by atoms with Gasteiger partial charge in [0.15, 0.2) is 0 Å². The number of ether oxygens (including phenoxy) is 1. The van der Waals surface area contributed by atoms with E-state index < -0.39 is 5.79 Å². The number of H-pyrrole nitrogens is 1. The molecule has 2 N–H and O–H groups in total. The van der Waals surface area contributed by atoms with E-state index in [1.165, 1.54) is 6.20 Å². The summed E-state index contributed by atoms with van der Waals surface area (Å²) in [5.74, 6) is -1.01. The molecule has 1 atom stereocenters. The van der Waals surface area contributed by atoms with Crippen molar-refractivity contribution in [1.82, 2.24) is 15.4 Å². The number of aromatic nitrogens is 3. The van der Waals surface area contributed by atoms with Crippen molar-refractivity contribution in [2.24, 2.45) is 0 Å². The van der Waals surface area contributed by atoms with Gasteiger partial charge in [-0.15, -0.1) is 0 Å². The van der Waals surface area contributed by atoms with Gasteiger partial charge in [0.25, 0.3) is 5.88 Å². The van der Waals surface area contributed by atoms with Crippen molar-refractivity contribution in [2.75, 3.05) is 0 Å². The van der Waals surface area contributed by atoms with Crippen LogP contribution in [-0.2, 0) is 0 Å². The van der Waals surface area contributed by atoms with Gasteiger partial charge in [-0.05, 0) is 6.08 Å². The molecule has 2 rings (SSSR count). The molecule has 1 aromatic rings. The quantitative estimate of drug-likeness (QED) is 0.644. The van der Waals surface area contributed by atoms with Gasteiger partial charge >= 0.3 is 0 Å². The Morgan fingerprint density at radius 2 is 2.46 bits per heavy atom. The van der Waals surface area contributed by atoms with Crippen LogP contribution in [0.5, 0.6) is 5.88 Å². The van der Waals surface area contributed by atoms with E-state index in [0.29, 0.717) is 6.42 Å². The number of aromatic amines is 1. The molecule has 68 valence electrons. The molecule has 1 heterocycles. The number of hydrogen-bond donors (Lipinski definition) is 2. The molecule has 0 aliphatic heterocycles. The molecule has 1 aliphatic carbocycles. The molecule has 13 heavy (non-hydrogen) atoms. The van der Waals surface area contributed by atoms with E-state index in [-0.39, 0.29) is 5.88 Å². The van der Waals surface area contributed by atoms with Crippen LogP contribution in [-0.4, -0.2) is 26.3 Å². The van der Waals surface area contributed by atoms with Crippen molar-refractivity contribution in [2.45, 2.75) is 12.2 Å². The third kappa shape index (κ3) is 1.75. The molecule has 0 bridgehead atoms. The van der Waals surface area contributed by atoms with Gasteiger partial charge in [0.1, 0.15) is 0 Å². The zero-order chi connectivity index (χ0) is 9.15. The van der Waals surface area contributed by atoms with Crippen LogP contribution in [0.1, 0.15) is 6.42 Å². The number of nitrogens with one attached hydrogen (secondary N) is 1. The molecule has 0 amide bonds. The molecule has 5 nitrogen and oxygen atoms in total. The highest BCUT2D eigenvalue weighted by molar-refractivity contribution is 5.17. The van der Waals surface area contributed by atoms with E-state index in [0.717, 1.165) is 0 Å². The third-order valence-corrected chi connectivity index (χ3v) is 1.69. The fourth-order valence-corrected chi connectivity index (χ4v) is 1.09. The Morgan fingerprint density at radius 3 is 3.08 bits per heavy atom. The fourth-order valence-electron chi connectivity index (χ4n) is 1.09. The molecule has 0 aromatic carbocycles. The second-order valence-corrected chi connectivity index (χ2v) is 2.75. The summed E-state index contributed by atoms with van der Waals surface area (Å²) >= 11 is 0. The Bertz CT molecular complexity index is 331. The SMILES string of the molecule is OC1(Oc2c[nH]nn2)C=CC=CC1. The summed E-state index contributed by atoms with van der Waals surface area (Å²) in [6.45, 7) is 0. The molecular weight excluding hydrogens is 170 g/mol. The molecule has 1 aromatic heterocycles. The second kappa shape index (κ2) is 3.02. The normalized spacial score (nSPS) is 26.2. The number of hydrogen-bond acceptors (Lipinski definition) is 4. The first-order chi connectivity index (χ1) is 6.29. The number of nitrogens with zero attached hydrogens (tertiary/aromatic N) is 2. The molecule has 1 aliphatic rings. The minimum Gasteiger partial charge on any atom is -0.439 e. The van der Waals surface area contributed by atoms with Crippen LogP contribution < -0.4 is 4.74 Å². The van der Waals surface area contributed by atoms with Crippen LogP contribution in [0, 0.1) is 0 Å². The Kier molecular flexibility index (Phi) is 1.86. The lowest BCUT2D eigenvalue weighted by Crippen LogP contribution is -2.33. The fraction of sp³-hybridized carbons (Fsp3) is 0.250. The Balaban J connectivity index is 2.09. The Hall–Kier alpha value is -1.62. The summed E-state index contributed by atoms with van der Waals surface area (Å²) in [5, 5.41) is 19.4. The molecule has 0 saturated heterocycles. The van der Waals surface area contributed by atoms with Crippen molar-refractivity contribution in [3.63, 3.8) is 0 Å². The monoisotopic (exact) mass is 179 g/mol. The van der Waals surface area contributed by atoms with Crippen molar-refractivity contribution in [3.8, 4) is 5.88 Å². The zero-order valence-electron chi connectivity index (χ0n) is 6.84. The first kappa shape index (κ1) is 8.00. The zero-order valence-corrected chi connectivity index (χ0v) is 6.84. The maximum atomic E-state index is 9.80. The number of rotatable bonds is 2. The maximum Gasteiger partial charge on any atom is 0.255 e. The summed E-state index contributed by atoms with van der Waals surface area (Å²) in [6.07, 6.45) is 8.85. The summed E-state index contributed by atoms with van der Waals surface area (Å²) in [6, 6.07) is 0. The number of aliphatic hydroxyl groups is 1. The van der Waals surface area contributed by atoms with E-state index in [2.05, 4.69) is 15.4 Å². The second-order valence-electron chi connectivity index (χ2n) is 2.75. The van der Waals surface area contributed by atoms with Crippen molar-refractivity contribution >= 4 is 0 Å². The Labute approximate surface area is 74.7 Å². The number of allylic oxidation sites excluding steroid dienone is 2. The molecule has 1 unspecified atom stereocenters. The van der Waals surface area contributed by atoms with E-state index in [9.17, 15) is 5.11 Å². The van der Waals surface area contributed by atoms with Gasteiger partial charge in [-0.2, -0.15) is 0 Å². The minimum atomic E-state index is -1.29. The van der Waals surface area contributed by atoms with E-state index in [1.54, 1.807) is 12.2 Å². The standard InChI is InChI=1S/C8H9N3O2/c12-8(4-2-1-3-5-8)13-7-6-9-11-10-7/h1-4,6,12H,5H2,(H,9,10,11). The highest BCUT2D eigenvalue weighted by atomic mass is 16.6. The predicted molar refractivity (Wildman–Crippen MR) is 44.9 cm³/mol. The van der Waals surface area contributed by atoms with Crippen LogP contribution in [0.25, 0.3) is 0 Å². The maximum absolute atomic E-state index is 9.80. The Morgan fingerprint density at radius 1 is 1.54 bits per heavy atom. The summed E-state index contributed by atoms with van der Waals surface area (Å²) in [4.78, 5) is 0. The first-order valence-corrected chi connectivity index (χ1v) is 3.91. The summed E-state index contributed by atoms with van der Waals surface area (Å²) in [7, 11) is 0. The van der Waals surface area contributed by atoms with Crippen LogP contribution in [0.2, 0.25) is 0 Å². The van der Waals surface area contributed by atoms with Gasteiger partial charge in [-0.25, -0.2) is 0 Å². The van der Waals surface area contributed by atoms with Crippen LogP contribution in [0.15, 0.2) is 30.5 Å². The molecule has 0 spiro atoms. The van der Waals surface area contributed by atoms with Gasteiger partial charge in [0, 0.05) is 6.42 Å². The van der Waals surface area contributed by atoms with Gasteiger partial charge < -0.3 is 9.84 Å². The lowest BCUT2D eigenvalue weighted by atomic mass is 10.1. The van der Waals surface area contributed by atoms with E-state index >= 15 is 0 Å². The van der Waals surface area contributed by atoms with Crippen molar-refractivity contribution in [1.29, 1.82) is 0 Å². The highest BCUT2D eigenvalue weighted by Crippen LogP contribution is 2.20. The predicted octanol–water partition coefficient (Wildman–Crippen LogP) is 0.388. The van der Waals surface area contributed by atoms with E-state index in [4.69, 9.17) is 4.74 Å². The first-order valence-electron chi connectivity index (χ1n) is 3.91. The molecule has 0 fully saturated rings. The highest BCUT2D eigenvalue weighted by Gasteiger charge is 2.26. The topological polar surface area (TPSA) is 71.0 Å². The summed E-state index contributed by atoms with van der Waals surface area (Å²) < 4.78 is 5.20. The molecular formula is C8H9N3O2. The van der Waals surface area contributed by atoms with Crippen LogP contribution in [0.4, 0.5) is 0 Å². The lowest BCUT2D eigenvalue weighted by molar-refractivity contribution is -0.0945. The van der Waals surface area contributed by atoms with Crippen LogP contribution >= 0.6 is 0 Å². The third-order valence-electron chi connectivity index (χ3n) is 1.69. The van der Waals surface area contributed by atoms with Gasteiger partial charge in [0.05, 0.1) is 6.20 Å². The molecule has 0 radical (unpaired) electrons. The average molecular weight is 179 g/mol. The largest absolute Gasteiger partial charge is 0.439 e.